The number of carboxylic acids is 1. The normalized spacial score (nSPS) is 20.1. The first-order valence-electron chi connectivity index (χ1n) is 6.20. The minimum atomic E-state index is -3.05. The predicted molar refractivity (Wildman–Crippen MR) is 69.6 cm³/mol. The van der Waals surface area contributed by atoms with Crippen LogP contribution in [0.1, 0.15) is 20.3 Å². The van der Waals surface area contributed by atoms with Gasteiger partial charge in [-0.15, -0.1) is 0 Å². The van der Waals surface area contributed by atoms with E-state index in [-0.39, 0.29) is 30.5 Å². The van der Waals surface area contributed by atoms with Gasteiger partial charge in [0.15, 0.2) is 9.84 Å². The molecule has 110 valence electrons. The molecule has 2 N–H and O–H groups in total. The van der Waals surface area contributed by atoms with Gasteiger partial charge in [-0.25, -0.2) is 18.0 Å². The molecule has 0 aliphatic carbocycles. The second kappa shape index (κ2) is 6.23. The van der Waals surface area contributed by atoms with Crippen LogP contribution in [0.15, 0.2) is 0 Å². The highest BCUT2D eigenvalue weighted by Crippen LogP contribution is 2.08. The molecule has 7 nitrogen and oxygen atoms in total. The first kappa shape index (κ1) is 15.7. The molecular formula is C11H20N2O5S. The highest BCUT2D eigenvalue weighted by atomic mass is 32.2. The standard InChI is InChI=1S/C11H20N2O5S/c1-8(2)7-9(10(14)15)12-11(16)13-3-5-19(17,18)6-4-13/h8-9H,3-7H2,1-2H3,(H,12,16)(H,14,15)/t9-/m1/s1. The lowest BCUT2D eigenvalue weighted by Gasteiger charge is -2.28. The number of aliphatic carboxylic acids is 1. The molecule has 1 atom stereocenters. The molecule has 1 rings (SSSR count). The summed E-state index contributed by atoms with van der Waals surface area (Å²) in [6.07, 6.45) is 0.340. The number of carboxylic acid groups (broad SMARTS) is 1. The van der Waals surface area contributed by atoms with Crippen molar-refractivity contribution in [1.29, 1.82) is 0 Å². The van der Waals surface area contributed by atoms with Gasteiger partial charge in [-0.2, -0.15) is 0 Å². The third kappa shape index (κ3) is 5.06. The largest absolute Gasteiger partial charge is 0.480 e. The Morgan fingerprint density at radius 2 is 1.79 bits per heavy atom. The number of carbonyl (C=O) groups excluding carboxylic acids is 1. The molecule has 1 aliphatic heterocycles. The van der Waals surface area contributed by atoms with Crippen molar-refractivity contribution in [3.8, 4) is 0 Å². The van der Waals surface area contributed by atoms with Crippen LogP contribution in [0.3, 0.4) is 0 Å². The summed E-state index contributed by atoms with van der Waals surface area (Å²) in [6, 6.07) is -1.45. The van der Waals surface area contributed by atoms with Gasteiger partial charge in [0.25, 0.3) is 0 Å². The highest BCUT2D eigenvalue weighted by Gasteiger charge is 2.28. The Labute approximate surface area is 112 Å². The van der Waals surface area contributed by atoms with Crippen LogP contribution in [0.2, 0.25) is 0 Å². The minimum absolute atomic E-state index is 0.0671. The molecule has 0 aromatic carbocycles. The molecule has 0 aromatic rings. The molecule has 1 heterocycles. The average Bonchev–Trinajstić information content (AvgIpc) is 2.27. The first-order chi connectivity index (χ1) is 8.71. The summed E-state index contributed by atoms with van der Waals surface area (Å²) < 4.78 is 22.5. The van der Waals surface area contributed by atoms with E-state index in [1.807, 2.05) is 13.8 Å². The summed E-state index contributed by atoms with van der Waals surface area (Å²) in [5, 5.41) is 11.5. The summed E-state index contributed by atoms with van der Waals surface area (Å²) in [7, 11) is -3.05. The van der Waals surface area contributed by atoms with E-state index in [9.17, 15) is 18.0 Å². The smallest absolute Gasteiger partial charge is 0.326 e. The van der Waals surface area contributed by atoms with Gasteiger partial charge in [0.2, 0.25) is 0 Å². The minimum Gasteiger partial charge on any atom is -0.480 e. The van der Waals surface area contributed by atoms with Gasteiger partial charge in [0, 0.05) is 13.1 Å². The topological polar surface area (TPSA) is 104 Å². The van der Waals surface area contributed by atoms with Crippen molar-refractivity contribution in [1.82, 2.24) is 10.2 Å². The molecule has 0 saturated carbocycles. The molecule has 19 heavy (non-hydrogen) atoms. The molecule has 0 unspecified atom stereocenters. The van der Waals surface area contributed by atoms with Crippen molar-refractivity contribution in [3.63, 3.8) is 0 Å². The van der Waals surface area contributed by atoms with Gasteiger partial charge in [-0.05, 0) is 12.3 Å². The van der Waals surface area contributed by atoms with Crippen molar-refractivity contribution in [3.05, 3.63) is 0 Å². The fourth-order valence-electron chi connectivity index (χ4n) is 1.85. The molecule has 1 aliphatic rings. The van der Waals surface area contributed by atoms with E-state index < -0.39 is 27.9 Å². The maximum Gasteiger partial charge on any atom is 0.326 e. The van der Waals surface area contributed by atoms with E-state index in [4.69, 9.17) is 5.11 Å². The lowest BCUT2D eigenvalue weighted by molar-refractivity contribution is -0.139. The maximum atomic E-state index is 11.9. The van der Waals surface area contributed by atoms with E-state index in [0.717, 1.165) is 0 Å². The fourth-order valence-corrected chi connectivity index (χ4v) is 3.05. The second-order valence-corrected chi connectivity index (χ2v) is 7.41. The van der Waals surface area contributed by atoms with Crippen molar-refractivity contribution in [2.24, 2.45) is 5.92 Å². The van der Waals surface area contributed by atoms with Crippen LogP contribution in [0.5, 0.6) is 0 Å². The highest BCUT2D eigenvalue weighted by molar-refractivity contribution is 7.91. The molecule has 0 spiro atoms. The van der Waals surface area contributed by atoms with Crippen LogP contribution in [0, 0.1) is 5.92 Å². The molecule has 1 fully saturated rings. The van der Waals surface area contributed by atoms with E-state index >= 15 is 0 Å². The third-order valence-corrected chi connectivity index (χ3v) is 4.54. The molecule has 0 radical (unpaired) electrons. The summed E-state index contributed by atoms with van der Waals surface area (Å²) >= 11 is 0. The fraction of sp³-hybridized carbons (Fsp3) is 0.818. The number of rotatable bonds is 4. The molecular weight excluding hydrogens is 272 g/mol. The van der Waals surface area contributed by atoms with Crippen LogP contribution in [0.4, 0.5) is 4.79 Å². The van der Waals surface area contributed by atoms with Crippen molar-refractivity contribution in [2.75, 3.05) is 24.6 Å². The number of hydrogen-bond acceptors (Lipinski definition) is 4. The van der Waals surface area contributed by atoms with Gasteiger partial charge in [-0.3, -0.25) is 0 Å². The van der Waals surface area contributed by atoms with E-state index in [1.54, 1.807) is 0 Å². The van der Waals surface area contributed by atoms with Crippen LogP contribution >= 0.6 is 0 Å². The van der Waals surface area contributed by atoms with Gasteiger partial charge in [-0.1, -0.05) is 13.8 Å². The average molecular weight is 292 g/mol. The van der Waals surface area contributed by atoms with Gasteiger partial charge in [0.05, 0.1) is 11.5 Å². The lowest BCUT2D eigenvalue weighted by atomic mass is 10.0. The van der Waals surface area contributed by atoms with E-state index in [1.165, 1.54) is 4.90 Å². The summed E-state index contributed by atoms with van der Waals surface area (Å²) in [6.45, 7) is 3.97. The lowest BCUT2D eigenvalue weighted by Crippen LogP contribution is -2.52. The Morgan fingerprint density at radius 3 is 2.21 bits per heavy atom. The van der Waals surface area contributed by atoms with E-state index in [0.29, 0.717) is 6.42 Å². The zero-order valence-electron chi connectivity index (χ0n) is 11.1. The van der Waals surface area contributed by atoms with Gasteiger partial charge < -0.3 is 15.3 Å². The zero-order valence-corrected chi connectivity index (χ0v) is 11.9. The molecule has 1 saturated heterocycles. The van der Waals surface area contributed by atoms with Gasteiger partial charge in [0.1, 0.15) is 6.04 Å². The third-order valence-electron chi connectivity index (χ3n) is 2.93. The number of nitrogens with zero attached hydrogens (tertiary/aromatic N) is 1. The molecule has 2 amide bonds. The Morgan fingerprint density at radius 1 is 1.26 bits per heavy atom. The predicted octanol–water partition coefficient (Wildman–Crippen LogP) is -0.0743. The monoisotopic (exact) mass is 292 g/mol. The number of hydrogen-bond donors (Lipinski definition) is 2. The number of nitrogens with one attached hydrogen (secondary N) is 1. The number of sulfone groups is 1. The molecule has 0 aromatic heterocycles. The molecule has 0 bridgehead atoms. The van der Waals surface area contributed by atoms with Crippen molar-refractivity contribution < 1.29 is 23.1 Å². The quantitative estimate of drug-likeness (QED) is 0.754. The van der Waals surface area contributed by atoms with Crippen LogP contribution in [0.25, 0.3) is 0 Å². The van der Waals surface area contributed by atoms with Crippen LogP contribution in [-0.4, -0.2) is 61.1 Å². The number of carbonyl (C=O) groups is 2. The first-order valence-corrected chi connectivity index (χ1v) is 8.02. The van der Waals surface area contributed by atoms with E-state index in [2.05, 4.69) is 5.32 Å². The SMILES string of the molecule is CC(C)C[C@@H](NC(=O)N1CCS(=O)(=O)CC1)C(=O)O. The summed E-state index contributed by atoms with van der Waals surface area (Å²) in [4.78, 5) is 24.2. The van der Waals surface area contributed by atoms with Crippen molar-refractivity contribution >= 4 is 21.8 Å². The Kier molecular flexibility index (Phi) is 5.16. The van der Waals surface area contributed by atoms with Crippen molar-refractivity contribution in [2.45, 2.75) is 26.3 Å². The van der Waals surface area contributed by atoms with Crippen LogP contribution in [-0.2, 0) is 14.6 Å². The second-order valence-electron chi connectivity index (χ2n) is 5.11. The van der Waals surface area contributed by atoms with Gasteiger partial charge >= 0.3 is 12.0 Å². The van der Waals surface area contributed by atoms with Crippen LogP contribution < -0.4 is 5.32 Å². The Hall–Kier alpha value is -1.31. The summed E-state index contributed by atoms with van der Waals surface area (Å²) in [5.74, 6) is -1.07. The maximum absolute atomic E-state index is 11.9. The molecule has 8 heteroatoms. The Balaban J connectivity index is 2.56. The zero-order chi connectivity index (χ0) is 14.6. The number of urea groups is 1. The number of amides is 2. The Bertz CT molecular complexity index is 432. The summed E-state index contributed by atoms with van der Waals surface area (Å²) in [5.41, 5.74) is 0.